The number of rotatable bonds is 3. The standard InChI is InChI=1S/C11H14ClNS/c1-7-5-9(3-4-11(13)14)10(12)6-8(7)2/h5-6H,3-4H2,1-2H3,(H2,13,14). The van der Waals surface area contributed by atoms with Crippen molar-refractivity contribution in [2.75, 3.05) is 0 Å². The molecule has 0 spiro atoms. The van der Waals surface area contributed by atoms with Gasteiger partial charge in [0, 0.05) is 11.4 Å². The summed E-state index contributed by atoms with van der Waals surface area (Å²) < 4.78 is 0. The monoisotopic (exact) mass is 227 g/mol. The Balaban J connectivity index is 2.87. The third kappa shape index (κ3) is 2.96. The van der Waals surface area contributed by atoms with Crippen LogP contribution in [-0.4, -0.2) is 4.99 Å². The molecule has 0 unspecified atom stereocenters. The van der Waals surface area contributed by atoms with Crippen molar-refractivity contribution in [3.63, 3.8) is 0 Å². The third-order valence-corrected chi connectivity index (χ3v) is 2.86. The van der Waals surface area contributed by atoms with E-state index in [-0.39, 0.29) is 0 Å². The quantitative estimate of drug-likeness (QED) is 0.803. The molecule has 0 fully saturated rings. The van der Waals surface area contributed by atoms with E-state index in [1.54, 1.807) is 0 Å². The van der Waals surface area contributed by atoms with Gasteiger partial charge in [-0.3, -0.25) is 0 Å². The van der Waals surface area contributed by atoms with Crippen molar-refractivity contribution in [2.45, 2.75) is 26.7 Å². The highest BCUT2D eigenvalue weighted by atomic mass is 35.5. The molecule has 1 nitrogen and oxygen atoms in total. The molecular formula is C11H14ClNS. The van der Waals surface area contributed by atoms with E-state index in [4.69, 9.17) is 29.6 Å². The Kier molecular flexibility index (Phi) is 3.90. The molecule has 0 aliphatic heterocycles. The van der Waals surface area contributed by atoms with Gasteiger partial charge in [-0.2, -0.15) is 0 Å². The Morgan fingerprint density at radius 2 is 1.93 bits per heavy atom. The second-order valence-electron chi connectivity index (χ2n) is 3.49. The number of benzene rings is 1. The summed E-state index contributed by atoms with van der Waals surface area (Å²) in [7, 11) is 0. The minimum Gasteiger partial charge on any atom is -0.393 e. The largest absolute Gasteiger partial charge is 0.393 e. The topological polar surface area (TPSA) is 26.0 Å². The zero-order valence-electron chi connectivity index (χ0n) is 8.43. The van der Waals surface area contributed by atoms with Gasteiger partial charge in [-0.25, -0.2) is 0 Å². The molecule has 14 heavy (non-hydrogen) atoms. The van der Waals surface area contributed by atoms with Gasteiger partial charge < -0.3 is 5.73 Å². The molecule has 0 aliphatic carbocycles. The molecule has 76 valence electrons. The van der Waals surface area contributed by atoms with Crippen molar-refractivity contribution in [1.82, 2.24) is 0 Å². The maximum atomic E-state index is 6.10. The van der Waals surface area contributed by atoms with E-state index in [1.807, 2.05) is 6.07 Å². The number of hydrogen-bond donors (Lipinski definition) is 1. The minimum absolute atomic E-state index is 0.541. The van der Waals surface area contributed by atoms with Gasteiger partial charge in [0.15, 0.2) is 0 Å². The van der Waals surface area contributed by atoms with Crippen LogP contribution in [0.25, 0.3) is 0 Å². The van der Waals surface area contributed by atoms with E-state index >= 15 is 0 Å². The van der Waals surface area contributed by atoms with E-state index in [0.29, 0.717) is 4.99 Å². The smallest absolute Gasteiger partial charge is 0.0730 e. The molecule has 0 saturated heterocycles. The summed E-state index contributed by atoms with van der Waals surface area (Å²) in [6, 6.07) is 4.10. The number of hydrogen-bond acceptors (Lipinski definition) is 1. The normalized spacial score (nSPS) is 10.2. The Morgan fingerprint density at radius 3 is 2.50 bits per heavy atom. The van der Waals surface area contributed by atoms with E-state index in [0.717, 1.165) is 23.4 Å². The highest BCUT2D eigenvalue weighted by Gasteiger charge is 2.03. The van der Waals surface area contributed by atoms with Crippen LogP contribution in [0.5, 0.6) is 0 Å². The molecule has 0 bridgehead atoms. The lowest BCUT2D eigenvalue weighted by atomic mass is 10.0. The van der Waals surface area contributed by atoms with E-state index < -0.39 is 0 Å². The average molecular weight is 228 g/mol. The molecule has 0 aliphatic rings. The van der Waals surface area contributed by atoms with Crippen LogP contribution in [0, 0.1) is 13.8 Å². The first-order chi connectivity index (χ1) is 6.50. The summed E-state index contributed by atoms with van der Waals surface area (Å²) in [5.74, 6) is 0. The van der Waals surface area contributed by atoms with Crippen LogP contribution in [0.1, 0.15) is 23.1 Å². The van der Waals surface area contributed by atoms with Gasteiger partial charge in [0.2, 0.25) is 0 Å². The summed E-state index contributed by atoms with van der Waals surface area (Å²) >= 11 is 10.9. The molecule has 0 radical (unpaired) electrons. The lowest BCUT2D eigenvalue weighted by Gasteiger charge is -2.07. The molecule has 0 heterocycles. The number of nitrogens with two attached hydrogens (primary N) is 1. The van der Waals surface area contributed by atoms with Crippen LogP contribution in [-0.2, 0) is 6.42 Å². The zero-order chi connectivity index (χ0) is 10.7. The van der Waals surface area contributed by atoms with Crippen molar-refractivity contribution in [3.05, 3.63) is 33.8 Å². The number of aryl methyl sites for hydroxylation is 3. The fourth-order valence-electron chi connectivity index (χ4n) is 1.29. The van der Waals surface area contributed by atoms with Crippen molar-refractivity contribution >= 4 is 28.8 Å². The van der Waals surface area contributed by atoms with E-state index in [2.05, 4.69) is 19.9 Å². The summed E-state index contributed by atoms with van der Waals surface area (Å²) in [4.78, 5) is 0.541. The molecular weight excluding hydrogens is 214 g/mol. The first-order valence-corrected chi connectivity index (χ1v) is 5.33. The van der Waals surface area contributed by atoms with Crippen molar-refractivity contribution in [3.8, 4) is 0 Å². The van der Waals surface area contributed by atoms with Crippen LogP contribution >= 0.6 is 23.8 Å². The Bertz CT molecular complexity index is 361. The second kappa shape index (κ2) is 4.76. The number of thiocarbonyl (C=S) groups is 1. The van der Waals surface area contributed by atoms with Crippen LogP contribution < -0.4 is 5.73 Å². The maximum absolute atomic E-state index is 6.10. The third-order valence-electron chi connectivity index (χ3n) is 2.30. The first kappa shape index (κ1) is 11.5. The molecule has 3 heteroatoms. The summed E-state index contributed by atoms with van der Waals surface area (Å²) in [6.45, 7) is 4.13. The average Bonchev–Trinajstić information content (AvgIpc) is 2.09. The molecule has 1 aromatic rings. The predicted octanol–water partition coefficient (Wildman–Crippen LogP) is 3.18. The Hall–Kier alpha value is -0.600. The summed E-state index contributed by atoms with van der Waals surface area (Å²) in [5, 5.41) is 0.810. The second-order valence-corrected chi connectivity index (χ2v) is 4.43. The minimum atomic E-state index is 0.541. The highest BCUT2D eigenvalue weighted by molar-refractivity contribution is 7.80. The Morgan fingerprint density at radius 1 is 1.36 bits per heavy atom. The van der Waals surface area contributed by atoms with Gasteiger partial charge in [0.25, 0.3) is 0 Å². The zero-order valence-corrected chi connectivity index (χ0v) is 10.0. The number of halogens is 1. The van der Waals surface area contributed by atoms with Gasteiger partial charge in [0.05, 0.1) is 4.99 Å². The SMILES string of the molecule is Cc1cc(Cl)c(CCC(N)=S)cc1C. The maximum Gasteiger partial charge on any atom is 0.0730 e. The van der Waals surface area contributed by atoms with Gasteiger partial charge in [-0.05, 0) is 43.0 Å². The molecule has 0 amide bonds. The lowest BCUT2D eigenvalue weighted by Crippen LogP contribution is -2.08. The molecule has 0 saturated carbocycles. The van der Waals surface area contributed by atoms with Gasteiger partial charge >= 0.3 is 0 Å². The Labute approximate surface area is 95.3 Å². The van der Waals surface area contributed by atoms with Crippen molar-refractivity contribution in [1.29, 1.82) is 0 Å². The van der Waals surface area contributed by atoms with Crippen molar-refractivity contribution in [2.24, 2.45) is 5.73 Å². The molecule has 1 aromatic carbocycles. The van der Waals surface area contributed by atoms with Crippen molar-refractivity contribution < 1.29 is 0 Å². The van der Waals surface area contributed by atoms with E-state index in [9.17, 15) is 0 Å². The highest BCUT2D eigenvalue weighted by Crippen LogP contribution is 2.21. The fourth-order valence-corrected chi connectivity index (χ4v) is 1.70. The van der Waals surface area contributed by atoms with Gasteiger partial charge in [0.1, 0.15) is 0 Å². The first-order valence-electron chi connectivity index (χ1n) is 4.54. The molecule has 2 N–H and O–H groups in total. The lowest BCUT2D eigenvalue weighted by molar-refractivity contribution is 1.04. The predicted molar refractivity (Wildman–Crippen MR) is 66.0 cm³/mol. The van der Waals surface area contributed by atoms with Crippen LogP contribution in [0.15, 0.2) is 12.1 Å². The van der Waals surface area contributed by atoms with Crippen LogP contribution in [0.4, 0.5) is 0 Å². The molecule has 1 rings (SSSR count). The van der Waals surface area contributed by atoms with Gasteiger partial charge in [-0.1, -0.05) is 29.9 Å². The molecule has 0 aromatic heterocycles. The fraction of sp³-hybridized carbons (Fsp3) is 0.364. The molecule has 0 atom stereocenters. The van der Waals surface area contributed by atoms with E-state index in [1.165, 1.54) is 11.1 Å². The van der Waals surface area contributed by atoms with Crippen LogP contribution in [0.3, 0.4) is 0 Å². The van der Waals surface area contributed by atoms with Crippen LogP contribution in [0.2, 0.25) is 5.02 Å². The van der Waals surface area contributed by atoms with Gasteiger partial charge in [-0.15, -0.1) is 0 Å². The summed E-state index contributed by atoms with van der Waals surface area (Å²) in [5.41, 5.74) is 9.05. The summed E-state index contributed by atoms with van der Waals surface area (Å²) in [6.07, 6.45) is 1.55.